The van der Waals surface area contributed by atoms with Crippen molar-refractivity contribution in [3.63, 3.8) is 0 Å². The number of fused-ring (bicyclic) bond motifs is 6. The van der Waals surface area contributed by atoms with Crippen molar-refractivity contribution < 1.29 is 80.4 Å². The van der Waals surface area contributed by atoms with E-state index in [4.69, 9.17) is 30.1 Å². The van der Waals surface area contributed by atoms with Crippen LogP contribution in [0.5, 0.6) is 11.5 Å². The Morgan fingerprint density at radius 2 is 1.28 bits per heavy atom. The molecule has 18 heteroatoms. The van der Waals surface area contributed by atoms with Crippen LogP contribution in [-0.2, 0) is 60.2 Å². The minimum Gasteiger partial charge on any atom is -0.496 e. The maximum Gasteiger partial charge on any atom is 0.159 e. The number of methoxy groups -OCH3 is 2. The molecule has 0 aliphatic heterocycles. The fourth-order valence-corrected chi connectivity index (χ4v) is 7.93. The Morgan fingerprint density at radius 1 is 0.783 bits per heavy atom. The number of halogens is 3. The zero-order valence-corrected chi connectivity index (χ0v) is 38.0. The monoisotopic (exact) mass is 1000 g/mol. The van der Waals surface area contributed by atoms with Crippen molar-refractivity contribution in [3.8, 4) is 33.8 Å². The van der Waals surface area contributed by atoms with E-state index < -0.39 is 11.6 Å². The zero-order chi connectivity index (χ0) is 39.9. The van der Waals surface area contributed by atoms with Crippen LogP contribution in [0.2, 0.25) is 5.15 Å². The van der Waals surface area contributed by atoms with Gasteiger partial charge >= 0.3 is 0 Å². The maximum absolute atomic E-state index is 16.0. The summed E-state index contributed by atoms with van der Waals surface area (Å²) >= 11 is 6.20. The largest absolute Gasteiger partial charge is 0.496 e. The fourth-order valence-electron chi connectivity index (χ4n) is 7.67. The number of anilines is 2. The number of nitrogens with one attached hydrogen (secondary N) is 3. The van der Waals surface area contributed by atoms with Gasteiger partial charge in [-0.1, -0.05) is 29.3 Å². The summed E-state index contributed by atoms with van der Waals surface area (Å²) in [4.78, 5) is 14.9. The van der Waals surface area contributed by atoms with Crippen molar-refractivity contribution in [1.29, 1.82) is 0 Å². The van der Waals surface area contributed by atoms with E-state index in [0.717, 1.165) is 22.4 Å². The van der Waals surface area contributed by atoms with Crippen molar-refractivity contribution >= 4 is 66.8 Å². The second kappa shape index (κ2) is 17.3. The van der Waals surface area contributed by atoms with Gasteiger partial charge in [-0.2, -0.15) is 5.10 Å². The van der Waals surface area contributed by atoms with Gasteiger partial charge in [0.1, 0.15) is 39.8 Å². The number of hydrogen-bond donors (Lipinski definition) is 3. The Bertz CT molecular complexity index is 3020. The van der Waals surface area contributed by atoms with Crippen molar-refractivity contribution in [2.75, 3.05) is 19.5 Å². The van der Waals surface area contributed by atoms with Gasteiger partial charge in [0.25, 0.3) is 0 Å². The molecule has 2 aromatic carbocycles. The van der Waals surface area contributed by atoms with Crippen molar-refractivity contribution in [1.82, 2.24) is 40.0 Å². The second-order valence-electron chi connectivity index (χ2n) is 14.1. The molecule has 0 bridgehead atoms. The van der Waals surface area contributed by atoms with Crippen LogP contribution in [0.3, 0.4) is 0 Å². The Balaban J connectivity index is 0.000000200. The van der Waals surface area contributed by atoms with Crippen molar-refractivity contribution in [2.24, 2.45) is 7.05 Å². The van der Waals surface area contributed by atoms with Crippen LogP contribution < -0.4 is 14.8 Å². The van der Waals surface area contributed by atoms with Gasteiger partial charge in [0.15, 0.2) is 11.6 Å². The van der Waals surface area contributed by atoms with E-state index in [1.165, 1.54) is 27.1 Å². The molecule has 1 radical (unpaired) electrons. The first-order valence-electron chi connectivity index (χ1n) is 18.2. The third-order valence-corrected chi connectivity index (χ3v) is 10.8. The Labute approximate surface area is 386 Å². The maximum atomic E-state index is 16.0. The Morgan fingerprint density at radius 3 is 1.77 bits per heavy atom. The number of H-pyrrole nitrogens is 2. The van der Waals surface area contributed by atoms with Crippen LogP contribution >= 0.6 is 11.6 Å². The van der Waals surface area contributed by atoms with Crippen molar-refractivity contribution in [2.45, 2.75) is 53.9 Å². The van der Waals surface area contributed by atoms with Crippen LogP contribution in [-0.4, -0.2) is 54.2 Å². The van der Waals surface area contributed by atoms with Gasteiger partial charge in [0.2, 0.25) is 0 Å². The average molecular weight is 1000 g/mol. The summed E-state index contributed by atoms with van der Waals surface area (Å²) < 4.78 is 54.7. The predicted molar refractivity (Wildman–Crippen MR) is 220 cm³/mol. The molecule has 9 aromatic rings. The molecule has 7 heterocycles. The molecule has 3 N–H and O–H groups in total. The molecule has 0 amide bonds. The van der Waals surface area contributed by atoms with Crippen LogP contribution in [0.25, 0.3) is 65.9 Å². The molecule has 1 fully saturated rings. The molecule has 1 aliphatic carbocycles. The minimum absolute atomic E-state index is 0. The smallest absolute Gasteiger partial charge is 0.159 e. The summed E-state index contributed by atoms with van der Waals surface area (Å²) in [5.74, 6) is 3.00. The van der Waals surface area contributed by atoms with Gasteiger partial charge in [-0.3, -0.25) is 4.68 Å². The number of benzene rings is 2. The van der Waals surface area contributed by atoms with Gasteiger partial charge in [0.05, 0.1) is 81.0 Å². The van der Waals surface area contributed by atoms with Crippen molar-refractivity contribution in [3.05, 3.63) is 88.1 Å². The molecule has 1 saturated carbocycles. The van der Waals surface area contributed by atoms with E-state index in [1.54, 1.807) is 52.2 Å². The molecule has 311 valence electrons. The minimum atomic E-state index is -0.439. The summed E-state index contributed by atoms with van der Waals surface area (Å²) in [5.41, 5.74) is 6.32. The summed E-state index contributed by atoms with van der Waals surface area (Å²) in [7, 11) is 4.93. The first kappa shape index (κ1) is 44.8. The molecule has 13 nitrogen and oxygen atoms in total. The molecule has 10 rings (SSSR count). The molecule has 1 aliphatic rings. The van der Waals surface area contributed by atoms with Crippen LogP contribution in [0.4, 0.5) is 20.4 Å². The molecule has 0 atom stereocenters. The van der Waals surface area contributed by atoms with Gasteiger partial charge in [-0.25, -0.2) is 18.7 Å². The quantitative estimate of drug-likeness (QED) is 0.104. The number of nitrogens with zero attached hydrogens (tertiary/aromatic N) is 6. The molecule has 0 unspecified atom stereocenters. The standard InChI is InChI=1S/C24H23FN6O2.C17H13ClFN3O2.CH4.Pd.Y/c1-11-19(12(2)33-30-11)21-17(32-4)9-14-20-15(27-23(14)22(21)25)7-8-26-24(20)28-18-10-16(13-5-6-13)29-31(18)3;1-7-12(8(2)24-22-7)14-11(23-3)6-9-13-10(4-5-20-17(13)18)21-16(9)15(14)19;;;/h7-10,13,27H,5-6H2,1-4H3,(H,26,28);4-6,21H,1-3H3;1H4;;. The molecule has 0 saturated heterocycles. The zero-order valence-electron chi connectivity index (χ0n) is 32.9. The average Bonchev–Trinajstić information content (AvgIpc) is 3.37. The van der Waals surface area contributed by atoms with Crippen LogP contribution in [0, 0.1) is 39.3 Å². The fraction of sp³-hybridized carbons (Fsp3) is 0.262. The van der Waals surface area contributed by atoms with Crippen LogP contribution in [0.15, 0.2) is 51.8 Å². The molecular weight excluding hydrogens is 963 g/mol. The number of pyridine rings is 2. The third kappa shape index (κ3) is 7.40. The molecule has 7 aromatic heterocycles. The summed E-state index contributed by atoms with van der Waals surface area (Å²) in [5, 5.41) is 19.0. The van der Waals surface area contributed by atoms with Gasteiger partial charge < -0.3 is 33.8 Å². The van der Waals surface area contributed by atoms with E-state index in [9.17, 15) is 0 Å². The number of aryl methyl sites for hydroxylation is 5. The Kier molecular flexibility index (Phi) is 13.0. The normalized spacial score (nSPS) is 12.2. The first-order valence-corrected chi connectivity index (χ1v) is 18.5. The topological polar surface area (TPSA) is 158 Å². The molecular formula is C42H40ClF2N9O4PdY. The third-order valence-electron chi connectivity index (χ3n) is 10.5. The van der Waals surface area contributed by atoms with E-state index >= 15 is 8.78 Å². The molecule has 0 spiro atoms. The van der Waals surface area contributed by atoms with E-state index in [-0.39, 0.29) is 60.6 Å². The number of ether oxygens (including phenoxy) is 2. The van der Waals surface area contributed by atoms with E-state index in [1.807, 2.05) is 23.9 Å². The van der Waals surface area contributed by atoms with E-state index in [0.29, 0.717) is 106 Å². The Hall–Kier alpha value is -4.71. The van der Waals surface area contributed by atoms with Gasteiger partial charge in [0, 0.05) is 101 Å². The summed E-state index contributed by atoms with van der Waals surface area (Å²) in [6.07, 6.45) is 5.63. The number of aromatic amines is 2. The van der Waals surface area contributed by atoms with Gasteiger partial charge in [-0.05, 0) is 64.8 Å². The number of hydrogen-bond acceptors (Lipinski definition) is 10. The number of rotatable bonds is 7. The summed E-state index contributed by atoms with van der Waals surface area (Å²) in [6.45, 7) is 7.06. The first-order chi connectivity index (χ1) is 27.5. The SMILES string of the molecule is C.COc1cc2c([nH]c3ccnc(Cl)c32)c(F)c1-c1c(C)noc1C.COc1cc2c([nH]c3ccnc(Nc4cc(C5CC5)nn4C)c32)c(F)c1-c1c(C)noc1C.[Pd].[Y]. The number of aromatic nitrogens is 8. The van der Waals surface area contributed by atoms with Gasteiger partial charge in [-0.15, -0.1) is 0 Å². The molecule has 60 heavy (non-hydrogen) atoms. The second-order valence-corrected chi connectivity index (χ2v) is 14.5. The van der Waals surface area contributed by atoms with E-state index in [2.05, 4.69) is 46.7 Å². The predicted octanol–water partition coefficient (Wildman–Crippen LogP) is 10.9. The van der Waals surface area contributed by atoms with Crippen LogP contribution in [0.1, 0.15) is 54.8 Å². The summed E-state index contributed by atoms with van der Waals surface area (Å²) in [6, 6.07) is 9.24.